The normalized spacial score (nSPS) is 13.4. The second kappa shape index (κ2) is 4.79. The number of carbonyl (C=O) groups is 1. The zero-order valence-corrected chi connectivity index (χ0v) is 11.9. The SMILES string of the molecule is COC(=O)c1ccc2[nH]c(=O)n(C(C)C(C)(C)O)c2c1. The Balaban J connectivity index is 2.68. The van der Waals surface area contributed by atoms with Gasteiger partial charge in [0.2, 0.25) is 0 Å². The van der Waals surface area contributed by atoms with E-state index in [1.807, 2.05) is 0 Å². The van der Waals surface area contributed by atoms with Gasteiger partial charge in [-0.1, -0.05) is 0 Å². The summed E-state index contributed by atoms with van der Waals surface area (Å²) in [6.07, 6.45) is 0. The van der Waals surface area contributed by atoms with Crippen molar-refractivity contribution in [2.24, 2.45) is 0 Å². The molecule has 1 atom stereocenters. The lowest BCUT2D eigenvalue weighted by atomic mass is 10.0. The molecule has 0 fully saturated rings. The van der Waals surface area contributed by atoms with Gasteiger partial charge in [-0.2, -0.15) is 0 Å². The van der Waals surface area contributed by atoms with Crippen molar-refractivity contribution in [3.05, 3.63) is 34.2 Å². The van der Waals surface area contributed by atoms with Gasteiger partial charge in [0.25, 0.3) is 0 Å². The fraction of sp³-hybridized carbons (Fsp3) is 0.429. The van der Waals surface area contributed by atoms with E-state index in [-0.39, 0.29) is 5.69 Å². The van der Waals surface area contributed by atoms with Crippen LogP contribution < -0.4 is 5.69 Å². The van der Waals surface area contributed by atoms with Crippen molar-refractivity contribution in [1.82, 2.24) is 9.55 Å². The van der Waals surface area contributed by atoms with Gasteiger partial charge >= 0.3 is 11.7 Å². The number of fused-ring (bicyclic) bond motifs is 1. The molecule has 20 heavy (non-hydrogen) atoms. The molecule has 6 nitrogen and oxygen atoms in total. The number of ether oxygens (including phenoxy) is 1. The number of nitrogens with one attached hydrogen (secondary N) is 1. The van der Waals surface area contributed by atoms with Gasteiger partial charge in [-0.3, -0.25) is 4.57 Å². The number of hydrogen-bond donors (Lipinski definition) is 2. The van der Waals surface area contributed by atoms with Crippen LogP contribution in [0.4, 0.5) is 0 Å². The van der Waals surface area contributed by atoms with Crippen molar-refractivity contribution in [1.29, 1.82) is 0 Å². The van der Waals surface area contributed by atoms with E-state index in [2.05, 4.69) is 9.72 Å². The molecule has 0 saturated heterocycles. The van der Waals surface area contributed by atoms with Gasteiger partial charge in [0.15, 0.2) is 0 Å². The maximum absolute atomic E-state index is 12.1. The lowest BCUT2D eigenvalue weighted by Crippen LogP contribution is -2.35. The van der Waals surface area contributed by atoms with E-state index in [9.17, 15) is 14.7 Å². The summed E-state index contributed by atoms with van der Waals surface area (Å²) in [5.41, 5.74) is 0.138. The Kier molecular flexibility index (Phi) is 3.43. The monoisotopic (exact) mass is 278 g/mol. The molecule has 0 aliphatic carbocycles. The van der Waals surface area contributed by atoms with Gasteiger partial charge < -0.3 is 14.8 Å². The Morgan fingerprint density at radius 1 is 1.45 bits per heavy atom. The molecule has 1 heterocycles. The molecule has 1 unspecified atom stereocenters. The number of aromatic amines is 1. The summed E-state index contributed by atoms with van der Waals surface area (Å²) in [6, 6.07) is 4.37. The van der Waals surface area contributed by atoms with Gasteiger partial charge in [0.1, 0.15) is 0 Å². The van der Waals surface area contributed by atoms with E-state index in [4.69, 9.17) is 0 Å². The molecule has 6 heteroatoms. The third-order valence-corrected chi connectivity index (χ3v) is 3.55. The molecule has 0 radical (unpaired) electrons. The molecule has 0 spiro atoms. The molecule has 0 aliphatic heterocycles. The van der Waals surface area contributed by atoms with Crippen LogP contribution in [-0.2, 0) is 4.74 Å². The second-order valence-corrected chi connectivity index (χ2v) is 5.35. The molecule has 2 rings (SSSR count). The minimum Gasteiger partial charge on any atom is -0.465 e. The van der Waals surface area contributed by atoms with Gasteiger partial charge in [-0.05, 0) is 39.0 Å². The fourth-order valence-corrected chi connectivity index (χ4v) is 2.07. The average Bonchev–Trinajstić information content (AvgIpc) is 2.70. The first-order chi connectivity index (χ1) is 9.25. The lowest BCUT2D eigenvalue weighted by molar-refractivity contribution is 0.0308. The smallest absolute Gasteiger partial charge is 0.337 e. The third-order valence-electron chi connectivity index (χ3n) is 3.55. The molecule has 0 bridgehead atoms. The zero-order chi connectivity index (χ0) is 15.1. The maximum atomic E-state index is 12.1. The van der Waals surface area contributed by atoms with Crippen LogP contribution in [0.25, 0.3) is 11.0 Å². The van der Waals surface area contributed by atoms with Crippen molar-refractivity contribution >= 4 is 17.0 Å². The van der Waals surface area contributed by atoms with Crippen LogP contribution >= 0.6 is 0 Å². The van der Waals surface area contributed by atoms with Gasteiger partial charge in [0.05, 0.1) is 35.3 Å². The number of H-pyrrole nitrogens is 1. The first-order valence-corrected chi connectivity index (χ1v) is 6.30. The van der Waals surface area contributed by atoms with Gasteiger partial charge in [-0.25, -0.2) is 9.59 Å². The van der Waals surface area contributed by atoms with E-state index in [1.54, 1.807) is 39.0 Å². The molecule has 0 saturated carbocycles. The highest BCUT2D eigenvalue weighted by Crippen LogP contribution is 2.24. The number of aromatic nitrogens is 2. The largest absolute Gasteiger partial charge is 0.465 e. The Bertz CT molecular complexity index is 706. The van der Waals surface area contributed by atoms with Crippen LogP contribution in [-0.4, -0.2) is 33.3 Å². The van der Waals surface area contributed by atoms with Crippen LogP contribution in [0.1, 0.15) is 37.2 Å². The molecule has 2 aromatic rings. The Hall–Kier alpha value is -2.08. The van der Waals surface area contributed by atoms with Crippen molar-refractivity contribution in [3.8, 4) is 0 Å². The Morgan fingerprint density at radius 3 is 2.65 bits per heavy atom. The number of esters is 1. The first-order valence-electron chi connectivity index (χ1n) is 6.30. The highest BCUT2D eigenvalue weighted by molar-refractivity contribution is 5.93. The van der Waals surface area contributed by atoms with Crippen LogP contribution in [0.5, 0.6) is 0 Å². The number of benzene rings is 1. The van der Waals surface area contributed by atoms with Crippen molar-refractivity contribution in [2.75, 3.05) is 7.11 Å². The highest BCUT2D eigenvalue weighted by atomic mass is 16.5. The van der Waals surface area contributed by atoms with Crippen LogP contribution in [0.2, 0.25) is 0 Å². The van der Waals surface area contributed by atoms with Crippen LogP contribution in [0.15, 0.2) is 23.0 Å². The van der Waals surface area contributed by atoms with E-state index in [0.717, 1.165) is 0 Å². The molecular weight excluding hydrogens is 260 g/mol. The number of methoxy groups -OCH3 is 1. The van der Waals surface area contributed by atoms with Gasteiger partial charge in [0, 0.05) is 0 Å². The summed E-state index contributed by atoms with van der Waals surface area (Å²) < 4.78 is 6.12. The molecule has 1 aromatic carbocycles. The van der Waals surface area contributed by atoms with E-state index >= 15 is 0 Å². The predicted molar refractivity (Wildman–Crippen MR) is 74.9 cm³/mol. The molecular formula is C14H18N2O4. The Morgan fingerprint density at radius 2 is 2.10 bits per heavy atom. The van der Waals surface area contributed by atoms with Gasteiger partial charge in [-0.15, -0.1) is 0 Å². The number of nitrogens with zero attached hydrogens (tertiary/aromatic N) is 1. The van der Waals surface area contributed by atoms with Crippen molar-refractivity contribution in [3.63, 3.8) is 0 Å². The average molecular weight is 278 g/mol. The summed E-state index contributed by atoms with van der Waals surface area (Å²) in [4.78, 5) is 26.3. The second-order valence-electron chi connectivity index (χ2n) is 5.35. The summed E-state index contributed by atoms with van der Waals surface area (Å²) in [7, 11) is 1.30. The summed E-state index contributed by atoms with van der Waals surface area (Å²) in [5.74, 6) is -0.469. The van der Waals surface area contributed by atoms with E-state index in [1.165, 1.54) is 11.7 Å². The number of hydrogen-bond acceptors (Lipinski definition) is 4. The Labute approximate surface area is 116 Å². The fourth-order valence-electron chi connectivity index (χ4n) is 2.07. The number of aliphatic hydroxyl groups is 1. The van der Waals surface area contributed by atoms with E-state index < -0.39 is 17.6 Å². The third kappa shape index (κ3) is 2.34. The summed E-state index contributed by atoms with van der Waals surface area (Å²) in [6.45, 7) is 5.01. The number of imidazole rings is 1. The topological polar surface area (TPSA) is 84.3 Å². The van der Waals surface area contributed by atoms with E-state index in [0.29, 0.717) is 16.6 Å². The lowest BCUT2D eigenvalue weighted by Gasteiger charge is -2.26. The van der Waals surface area contributed by atoms with Crippen molar-refractivity contribution in [2.45, 2.75) is 32.4 Å². The van der Waals surface area contributed by atoms with Crippen molar-refractivity contribution < 1.29 is 14.6 Å². The molecule has 0 aliphatic rings. The molecule has 108 valence electrons. The minimum absolute atomic E-state index is 0.323. The molecule has 2 N–H and O–H groups in total. The summed E-state index contributed by atoms with van der Waals surface area (Å²) >= 11 is 0. The highest BCUT2D eigenvalue weighted by Gasteiger charge is 2.27. The molecule has 0 amide bonds. The summed E-state index contributed by atoms with van der Waals surface area (Å²) in [5, 5.41) is 10.1. The van der Waals surface area contributed by atoms with Crippen LogP contribution in [0, 0.1) is 0 Å². The van der Waals surface area contributed by atoms with Crippen LogP contribution in [0.3, 0.4) is 0 Å². The zero-order valence-electron chi connectivity index (χ0n) is 11.9. The minimum atomic E-state index is -1.07. The maximum Gasteiger partial charge on any atom is 0.337 e. The molecule has 1 aromatic heterocycles. The first kappa shape index (κ1) is 14.3. The quantitative estimate of drug-likeness (QED) is 0.832. The number of rotatable bonds is 3. The number of carbonyl (C=O) groups excluding carboxylic acids is 1. The predicted octanol–water partition coefficient (Wildman–Crippen LogP) is 1.45. The standard InChI is InChI=1S/C14H18N2O4/c1-8(14(2,3)19)16-11-7-9(12(17)20-4)5-6-10(11)15-13(16)18/h5-8,19H,1-4H3,(H,15,18).